The zero-order valence-corrected chi connectivity index (χ0v) is 17.0. The second-order valence-corrected chi connectivity index (χ2v) is 5.65. The van der Waals surface area contributed by atoms with Gasteiger partial charge in [0, 0.05) is 25.5 Å². The first kappa shape index (κ1) is 19.3. The van der Waals surface area contributed by atoms with E-state index in [4.69, 9.17) is 8.94 Å². The van der Waals surface area contributed by atoms with Crippen LogP contribution >= 0.6 is 24.0 Å². The molecule has 0 aliphatic rings. The highest BCUT2D eigenvalue weighted by molar-refractivity contribution is 14.0. The Labute approximate surface area is 164 Å². The van der Waals surface area contributed by atoms with Gasteiger partial charge in [0.05, 0.1) is 18.8 Å². The number of nitrogens with one attached hydrogen (secondary N) is 1. The number of nitrogens with zero attached hydrogens (tertiary/aromatic N) is 3. The molecular formula is C18H23IN4O2. The van der Waals surface area contributed by atoms with Crippen LogP contribution in [0.25, 0.3) is 11.0 Å². The number of hydrogen-bond donors (Lipinski definition) is 1. The molecule has 0 fully saturated rings. The maximum Gasteiger partial charge on any atom is 0.194 e. The van der Waals surface area contributed by atoms with E-state index < -0.39 is 0 Å². The molecule has 0 saturated carbocycles. The van der Waals surface area contributed by atoms with Crippen LogP contribution in [0.3, 0.4) is 0 Å². The van der Waals surface area contributed by atoms with Crippen LogP contribution in [0.1, 0.15) is 24.1 Å². The van der Waals surface area contributed by atoms with Gasteiger partial charge in [0.25, 0.3) is 0 Å². The first-order valence-corrected chi connectivity index (χ1v) is 8.03. The summed E-state index contributed by atoms with van der Waals surface area (Å²) < 4.78 is 11.1. The van der Waals surface area contributed by atoms with Crippen LogP contribution < -0.4 is 5.32 Å². The number of guanidine groups is 1. The highest BCUT2D eigenvalue weighted by atomic mass is 127. The minimum atomic E-state index is 0. The van der Waals surface area contributed by atoms with Crippen molar-refractivity contribution >= 4 is 40.9 Å². The minimum Gasteiger partial charge on any atom is -0.459 e. The fourth-order valence-corrected chi connectivity index (χ4v) is 2.58. The monoisotopic (exact) mass is 454 g/mol. The van der Waals surface area contributed by atoms with Gasteiger partial charge in [-0.05, 0) is 18.6 Å². The molecule has 1 N–H and O–H groups in total. The lowest BCUT2D eigenvalue weighted by molar-refractivity contribution is 0.368. The van der Waals surface area contributed by atoms with Crippen molar-refractivity contribution < 1.29 is 8.94 Å². The number of rotatable bonds is 5. The first-order chi connectivity index (χ1) is 11.7. The SMILES string of the molecule is CCc1cc(CNC(=NC)N(C)Cc2cc3ccccc3o2)on1.I. The predicted molar refractivity (Wildman–Crippen MR) is 109 cm³/mol. The van der Waals surface area contributed by atoms with Crippen LogP contribution in [0.4, 0.5) is 0 Å². The summed E-state index contributed by atoms with van der Waals surface area (Å²) in [5.74, 6) is 2.46. The van der Waals surface area contributed by atoms with Gasteiger partial charge in [0.2, 0.25) is 0 Å². The van der Waals surface area contributed by atoms with Crippen LogP contribution in [-0.4, -0.2) is 30.1 Å². The van der Waals surface area contributed by atoms with E-state index in [1.165, 1.54) is 0 Å². The highest BCUT2D eigenvalue weighted by Crippen LogP contribution is 2.19. The summed E-state index contributed by atoms with van der Waals surface area (Å²) in [5.41, 5.74) is 1.86. The molecule has 3 rings (SSSR count). The van der Waals surface area contributed by atoms with Gasteiger partial charge in [-0.2, -0.15) is 0 Å². The van der Waals surface area contributed by atoms with Crippen molar-refractivity contribution in [1.29, 1.82) is 0 Å². The largest absolute Gasteiger partial charge is 0.459 e. The van der Waals surface area contributed by atoms with E-state index in [0.717, 1.165) is 40.6 Å². The molecule has 0 unspecified atom stereocenters. The van der Waals surface area contributed by atoms with Gasteiger partial charge in [-0.15, -0.1) is 24.0 Å². The molecule has 1 aromatic carbocycles. The lowest BCUT2D eigenvalue weighted by atomic mass is 10.2. The fraction of sp³-hybridized carbons (Fsp3) is 0.333. The summed E-state index contributed by atoms with van der Waals surface area (Å²) in [5, 5.41) is 8.38. The molecule has 2 aromatic heterocycles. The number of hydrogen-bond acceptors (Lipinski definition) is 4. The molecule has 0 radical (unpaired) electrons. The maximum atomic E-state index is 5.86. The summed E-state index contributed by atoms with van der Waals surface area (Å²) in [7, 11) is 3.73. The molecule has 0 amide bonds. The van der Waals surface area contributed by atoms with Crippen molar-refractivity contribution in [2.45, 2.75) is 26.4 Å². The zero-order valence-electron chi connectivity index (χ0n) is 14.7. The van der Waals surface area contributed by atoms with Crippen molar-refractivity contribution in [3.63, 3.8) is 0 Å². The van der Waals surface area contributed by atoms with E-state index in [1.54, 1.807) is 7.05 Å². The topological polar surface area (TPSA) is 66.8 Å². The van der Waals surface area contributed by atoms with Gasteiger partial charge in [0.1, 0.15) is 11.3 Å². The number of aromatic nitrogens is 1. The van der Waals surface area contributed by atoms with Crippen molar-refractivity contribution in [2.24, 2.45) is 4.99 Å². The average molecular weight is 454 g/mol. The van der Waals surface area contributed by atoms with Gasteiger partial charge in [-0.1, -0.05) is 30.3 Å². The Morgan fingerprint density at radius 1 is 1.24 bits per heavy atom. The molecule has 0 atom stereocenters. The van der Waals surface area contributed by atoms with Crippen LogP contribution in [0.15, 0.2) is 50.3 Å². The molecule has 0 aliphatic carbocycles. The second kappa shape index (κ2) is 8.89. The Morgan fingerprint density at radius 3 is 2.72 bits per heavy atom. The van der Waals surface area contributed by atoms with E-state index in [1.807, 2.05) is 42.3 Å². The number of aryl methyl sites for hydroxylation is 1. The second-order valence-electron chi connectivity index (χ2n) is 5.65. The predicted octanol–water partition coefficient (Wildman–Crippen LogP) is 3.81. The van der Waals surface area contributed by atoms with Crippen LogP contribution in [0.5, 0.6) is 0 Å². The average Bonchev–Trinajstić information content (AvgIpc) is 3.21. The molecular weight excluding hydrogens is 431 g/mol. The third-order valence-electron chi connectivity index (χ3n) is 3.83. The maximum absolute atomic E-state index is 5.86. The van der Waals surface area contributed by atoms with Gasteiger partial charge >= 0.3 is 0 Å². The van der Waals surface area contributed by atoms with Gasteiger partial charge < -0.3 is 19.2 Å². The van der Waals surface area contributed by atoms with Crippen LogP contribution in [-0.2, 0) is 19.5 Å². The van der Waals surface area contributed by atoms with Crippen molar-refractivity contribution in [3.05, 3.63) is 53.6 Å². The Morgan fingerprint density at radius 2 is 2.04 bits per heavy atom. The van der Waals surface area contributed by atoms with E-state index >= 15 is 0 Å². The van der Waals surface area contributed by atoms with E-state index in [2.05, 4.69) is 28.5 Å². The smallest absolute Gasteiger partial charge is 0.194 e. The number of halogens is 1. The summed E-state index contributed by atoms with van der Waals surface area (Å²) >= 11 is 0. The van der Waals surface area contributed by atoms with Crippen LogP contribution in [0, 0.1) is 0 Å². The lowest BCUT2D eigenvalue weighted by Gasteiger charge is -2.20. The van der Waals surface area contributed by atoms with Gasteiger partial charge in [0.15, 0.2) is 11.7 Å². The zero-order chi connectivity index (χ0) is 16.9. The summed E-state index contributed by atoms with van der Waals surface area (Å²) in [6.07, 6.45) is 0.865. The number of benzene rings is 1. The number of fused-ring (bicyclic) bond motifs is 1. The van der Waals surface area contributed by atoms with Gasteiger partial charge in [-0.3, -0.25) is 4.99 Å². The molecule has 0 aliphatic heterocycles. The van der Waals surface area contributed by atoms with Crippen molar-refractivity contribution in [2.75, 3.05) is 14.1 Å². The van der Waals surface area contributed by atoms with Crippen molar-refractivity contribution in [3.8, 4) is 0 Å². The fourth-order valence-electron chi connectivity index (χ4n) is 2.58. The summed E-state index contributed by atoms with van der Waals surface area (Å²) in [6.45, 7) is 3.23. The Kier molecular flexibility index (Phi) is 6.86. The molecule has 2 heterocycles. The lowest BCUT2D eigenvalue weighted by Crippen LogP contribution is -2.37. The van der Waals surface area contributed by atoms with E-state index in [9.17, 15) is 0 Å². The normalized spacial score (nSPS) is 11.4. The van der Waals surface area contributed by atoms with Crippen molar-refractivity contribution in [1.82, 2.24) is 15.4 Å². The molecule has 25 heavy (non-hydrogen) atoms. The highest BCUT2D eigenvalue weighted by Gasteiger charge is 2.11. The quantitative estimate of drug-likeness (QED) is 0.361. The standard InChI is InChI=1S/C18H22N4O2.HI/c1-4-14-10-15(24-21-14)11-20-18(19-2)22(3)12-16-9-13-7-5-6-8-17(13)23-16;/h5-10H,4,11-12H2,1-3H3,(H,19,20);1H. The minimum absolute atomic E-state index is 0. The van der Waals surface area contributed by atoms with Gasteiger partial charge in [-0.25, -0.2) is 0 Å². The Balaban J connectivity index is 0.00000225. The molecule has 0 bridgehead atoms. The summed E-state index contributed by atoms with van der Waals surface area (Å²) in [4.78, 5) is 6.32. The van der Waals surface area contributed by atoms with E-state index in [0.29, 0.717) is 13.1 Å². The molecule has 0 spiro atoms. The Bertz CT molecular complexity index is 807. The van der Waals surface area contributed by atoms with Crippen LogP contribution in [0.2, 0.25) is 0 Å². The molecule has 6 nitrogen and oxygen atoms in total. The third kappa shape index (κ3) is 4.75. The third-order valence-corrected chi connectivity index (χ3v) is 3.83. The Hall–Kier alpha value is -2.03. The molecule has 7 heteroatoms. The molecule has 134 valence electrons. The molecule has 3 aromatic rings. The summed E-state index contributed by atoms with van der Waals surface area (Å²) in [6, 6.07) is 12.0. The number of aliphatic imine (C=N–C) groups is 1. The van der Waals surface area contributed by atoms with E-state index in [-0.39, 0.29) is 24.0 Å². The number of para-hydroxylation sites is 1. The number of furan rings is 1. The first-order valence-electron chi connectivity index (χ1n) is 8.03. The molecule has 0 saturated heterocycles.